The van der Waals surface area contributed by atoms with Crippen LogP contribution in [0.1, 0.15) is 33.3 Å². The fourth-order valence-electron chi connectivity index (χ4n) is 1.33. The smallest absolute Gasteiger partial charge is 0.423 e. The summed E-state index contributed by atoms with van der Waals surface area (Å²) in [6.07, 6.45) is 0. The summed E-state index contributed by atoms with van der Waals surface area (Å²) in [7, 11) is -1.23. The molecule has 102 valence electrons. The van der Waals surface area contributed by atoms with E-state index in [9.17, 15) is 10.1 Å². The zero-order chi connectivity index (χ0) is 14.8. The lowest BCUT2D eigenvalue weighted by atomic mass is 9.76. The predicted molar refractivity (Wildman–Crippen MR) is 74.6 cm³/mol. The second-order valence-electron chi connectivity index (χ2n) is 5.50. The largest absolute Gasteiger partial charge is 0.491 e. The highest BCUT2D eigenvalue weighted by Crippen LogP contribution is 2.25. The number of hydrogen-bond donors (Lipinski definition) is 3. The van der Waals surface area contributed by atoms with Crippen LogP contribution < -0.4 is 11.2 Å². The third-order valence-electron chi connectivity index (χ3n) is 3.36. The Morgan fingerprint density at radius 3 is 2.32 bits per heavy atom. The van der Waals surface area contributed by atoms with Crippen LogP contribution >= 0.6 is 0 Å². The molecular formula is C13H19BN2O3. The van der Waals surface area contributed by atoms with Gasteiger partial charge in [0.25, 0.3) is 0 Å². The molecule has 1 rings (SSSR count). The van der Waals surface area contributed by atoms with Gasteiger partial charge in [-0.05, 0) is 45.3 Å². The first-order chi connectivity index (χ1) is 8.58. The first-order valence-electron chi connectivity index (χ1n) is 5.96. The number of aliphatic hydroxyl groups is 1. The Bertz CT molecular complexity index is 504. The van der Waals surface area contributed by atoms with E-state index in [1.54, 1.807) is 33.8 Å². The van der Waals surface area contributed by atoms with Crippen molar-refractivity contribution in [2.24, 2.45) is 0 Å². The lowest BCUT2D eigenvalue weighted by molar-refractivity contribution is -0.0982. The Kier molecular flexibility index (Phi) is 4.26. The Morgan fingerprint density at radius 1 is 1.32 bits per heavy atom. The summed E-state index contributed by atoms with van der Waals surface area (Å²) >= 11 is 0. The summed E-state index contributed by atoms with van der Waals surface area (Å²) in [5.41, 5.74) is 4.68. The normalized spacial score (nSPS) is 12.1. The van der Waals surface area contributed by atoms with Gasteiger partial charge in [-0.25, -0.2) is 0 Å². The van der Waals surface area contributed by atoms with Gasteiger partial charge < -0.3 is 20.5 Å². The zero-order valence-electron chi connectivity index (χ0n) is 11.6. The van der Waals surface area contributed by atoms with E-state index in [0.717, 1.165) is 0 Å². The van der Waals surface area contributed by atoms with Crippen molar-refractivity contribution in [2.45, 2.75) is 38.9 Å². The minimum absolute atomic E-state index is 0.281. The van der Waals surface area contributed by atoms with Crippen LogP contribution in [0.4, 0.5) is 5.69 Å². The molecule has 0 aliphatic rings. The molecule has 0 saturated carbocycles. The minimum Gasteiger partial charge on any atom is -0.423 e. The SMILES string of the molecule is CC(C)(O)C(C)(C)OB(O)c1ccc(C#N)c(N)c1. The summed E-state index contributed by atoms with van der Waals surface area (Å²) in [5.74, 6) is 0. The van der Waals surface area contributed by atoms with Gasteiger partial charge >= 0.3 is 7.12 Å². The summed E-state index contributed by atoms with van der Waals surface area (Å²) in [6, 6.07) is 6.53. The molecule has 19 heavy (non-hydrogen) atoms. The fourth-order valence-corrected chi connectivity index (χ4v) is 1.33. The Hall–Kier alpha value is -1.55. The minimum atomic E-state index is -1.23. The van der Waals surface area contributed by atoms with Crippen LogP contribution in [0.5, 0.6) is 0 Å². The van der Waals surface area contributed by atoms with Crippen molar-refractivity contribution in [2.75, 3.05) is 5.73 Å². The van der Waals surface area contributed by atoms with Crippen molar-refractivity contribution in [3.05, 3.63) is 23.8 Å². The summed E-state index contributed by atoms with van der Waals surface area (Å²) in [4.78, 5) is 0. The second-order valence-corrected chi connectivity index (χ2v) is 5.50. The molecule has 0 atom stereocenters. The van der Waals surface area contributed by atoms with E-state index in [4.69, 9.17) is 15.6 Å². The van der Waals surface area contributed by atoms with E-state index in [2.05, 4.69) is 0 Å². The molecule has 0 aromatic heterocycles. The molecule has 6 heteroatoms. The maximum absolute atomic E-state index is 10.0. The highest BCUT2D eigenvalue weighted by molar-refractivity contribution is 6.60. The van der Waals surface area contributed by atoms with Crippen LogP contribution in [0.2, 0.25) is 0 Å². The number of nitrogens with two attached hydrogens (primary N) is 1. The van der Waals surface area contributed by atoms with Gasteiger partial charge in [-0.2, -0.15) is 5.26 Å². The molecule has 0 unspecified atom stereocenters. The van der Waals surface area contributed by atoms with Crippen molar-refractivity contribution in [1.82, 2.24) is 0 Å². The van der Waals surface area contributed by atoms with Crippen LogP contribution in [0.15, 0.2) is 18.2 Å². The molecule has 1 aromatic rings. The van der Waals surface area contributed by atoms with Crippen molar-refractivity contribution in [3.63, 3.8) is 0 Å². The first-order valence-corrected chi connectivity index (χ1v) is 5.96. The van der Waals surface area contributed by atoms with E-state index in [1.807, 2.05) is 6.07 Å². The molecule has 0 spiro atoms. The standard InChI is InChI=1S/C13H19BN2O3/c1-12(2,17)13(3,4)19-14(18)10-6-5-9(8-15)11(16)7-10/h5-7,17-18H,16H2,1-4H3. The van der Waals surface area contributed by atoms with Crippen molar-refractivity contribution >= 4 is 18.3 Å². The van der Waals surface area contributed by atoms with E-state index in [-0.39, 0.29) is 5.69 Å². The van der Waals surface area contributed by atoms with Crippen LogP contribution in [0, 0.1) is 11.3 Å². The third-order valence-corrected chi connectivity index (χ3v) is 3.36. The predicted octanol–water partition coefficient (Wildman–Crippen LogP) is 0.394. The van der Waals surface area contributed by atoms with E-state index >= 15 is 0 Å². The molecule has 0 saturated heterocycles. The molecule has 0 bridgehead atoms. The highest BCUT2D eigenvalue weighted by Gasteiger charge is 2.39. The molecule has 0 radical (unpaired) electrons. The van der Waals surface area contributed by atoms with Gasteiger partial charge in [-0.1, -0.05) is 6.07 Å². The van der Waals surface area contributed by atoms with Gasteiger partial charge in [0.1, 0.15) is 6.07 Å². The molecule has 0 aliphatic heterocycles. The topological polar surface area (TPSA) is 99.5 Å². The number of benzene rings is 1. The highest BCUT2D eigenvalue weighted by atomic mass is 16.5. The number of nitrogens with zero attached hydrogens (tertiary/aromatic N) is 1. The molecule has 5 nitrogen and oxygen atoms in total. The average Bonchev–Trinajstić information content (AvgIpc) is 2.26. The quantitative estimate of drug-likeness (QED) is 0.538. The van der Waals surface area contributed by atoms with Gasteiger partial charge in [0.05, 0.1) is 16.8 Å². The fraction of sp³-hybridized carbons (Fsp3) is 0.462. The summed E-state index contributed by atoms with van der Waals surface area (Å²) < 4.78 is 5.48. The Balaban J connectivity index is 2.94. The maximum Gasteiger partial charge on any atom is 0.491 e. The number of rotatable bonds is 4. The van der Waals surface area contributed by atoms with Crippen molar-refractivity contribution in [3.8, 4) is 6.07 Å². The zero-order valence-corrected chi connectivity index (χ0v) is 11.6. The first kappa shape index (κ1) is 15.5. The number of nitrogen functional groups attached to an aromatic ring is 1. The van der Waals surface area contributed by atoms with E-state index in [1.165, 1.54) is 12.1 Å². The number of nitriles is 1. The van der Waals surface area contributed by atoms with E-state index < -0.39 is 18.3 Å². The van der Waals surface area contributed by atoms with Crippen molar-refractivity contribution in [1.29, 1.82) is 5.26 Å². The molecule has 0 aliphatic carbocycles. The van der Waals surface area contributed by atoms with Crippen LogP contribution in [0.3, 0.4) is 0 Å². The van der Waals surface area contributed by atoms with Gasteiger partial charge in [0.2, 0.25) is 0 Å². The van der Waals surface area contributed by atoms with Crippen LogP contribution in [0.25, 0.3) is 0 Å². The number of hydrogen-bond acceptors (Lipinski definition) is 5. The lowest BCUT2D eigenvalue weighted by Crippen LogP contribution is -2.53. The van der Waals surface area contributed by atoms with Crippen LogP contribution in [-0.4, -0.2) is 28.5 Å². The second kappa shape index (κ2) is 5.21. The Morgan fingerprint density at radius 2 is 1.89 bits per heavy atom. The molecule has 0 amide bonds. The molecule has 0 heterocycles. The monoisotopic (exact) mass is 262 g/mol. The maximum atomic E-state index is 10.0. The molecule has 1 aromatic carbocycles. The summed E-state index contributed by atoms with van der Waals surface area (Å²) in [5, 5.41) is 28.8. The Labute approximate surface area is 113 Å². The number of anilines is 1. The van der Waals surface area contributed by atoms with Gasteiger partial charge in [-0.3, -0.25) is 0 Å². The average molecular weight is 262 g/mol. The van der Waals surface area contributed by atoms with Crippen molar-refractivity contribution < 1.29 is 14.8 Å². The molecule has 0 fully saturated rings. The summed E-state index contributed by atoms with van der Waals surface area (Å²) in [6.45, 7) is 6.58. The third kappa shape index (κ3) is 3.47. The molecular weight excluding hydrogens is 243 g/mol. The van der Waals surface area contributed by atoms with Gasteiger partial charge in [0.15, 0.2) is 0 Å². The van der Waals surface area contributed by atoms with E-state index in [0.29, 0.717) is 11.0 Å². The van der Waals surface area contributed by atoms with Gasteiger partial charge in [-0.15, -0.1) is 0 Å². The molecule has 4 N–H and O–H groups in total. The lowest BCUT2D eigenvalue weighted by Gasteiger charge is -2.38. The van der Waals surface area contributed by atoms with Crippen LogP contribution in [-0.2, 0) is 4.65 Å². The van der Waals surface area contributed by atoms with Gasteiger partial charge in [0, 0.05) is 5.69 Å².